The first-order chi connectivity index (χ1) is 6.13. The molecule has 0 unspecified atom stereocenters. The van der Waals surface area contributed by atoms with Crippen molar-refractivity contribution < 1.29 is 5.11 Å². The number of benzene rings is 1. The minimum atomic E-state index is 0.379. The van der Waals surface area contributed by atoms with E-state index in [0.717, 1.165) is 12.8 Å². The van der Waals surface area contributed by atoms with Gasteiger partial charge in [0, 0.05) is 0 Å². The fraction of sp³-hybridized carbons (Fsp3) is 0.500. The predicted molar refractivity (Wildman–Crippen MR) is 56.0 cm³/mol. The molecule has 0 heterocycles. The second-order valence-electron chi connectivity index (χ2n) is 3.90. The van der Waals surface area contributed by atoms with Gasteiger partial charge in [0.25, 0.3) is 0 Å². The minimum absolute atomic E-state index is 0.379. The third-order valence-electron chi connectivity index (χ3n) is 2.20. The molecule has 0 bridgehead atoms. The van der Waals surface area contributed by atoms with E-state index >= 15 is 0 Å². The van der Waals surface area contributed by atoms with Crippen molar-refractivity contribution in [2.45, 2.75) is 33.6 Å². The van der Waals surface area contributed by atoms with Crippen LogP contribution in [0.15, 0.2) is 18.2 Å². The summed E-state index contributed by atoms with van der Waals surface area (Å²) in [7, 11) is 0. The van der Waals surface area contributed by atoms with Gasteiger partial charge in [-0.25, -0.2) is 0 Å². The van der Waals surface area contributed by atoms with E-state index in [-0.39, 0.29) is 0 Å². The topological polar surface area (TPSA) is 20.2 Å². The summed E-state index contributed by atoms with van der Waals surface area (Å²) in [5.74, 6) is 1.05. The Labute approximate surface area is 80.4 Å². The van der Waals surface area contributed by atoms with Crippen LogP contribution in [0.25, 0.3) is 0 Å². The van der Waals surface area contributed by atoms with E-state index in [4.69, 9.17) is 0 Å². The van der Waals surface area contributed by atoms with Gasteiger partial charge in [-0.2, -0.15) is 0 Å². The second kappa shape index (κ2) is 4.31. The molecular formula is C12H18O. The first-order valence-corrected chi connectivity index (χ1v) is 4.94. The normalized spacial score (nSPS) is 10.8. The monoisotopic (exact) mass is 178 g/mol. The fourth-order valence-corrected chi connectivity index (χ4v) is 1.58. The summed E-state index contributed by atoms with van der Waals surface area (Å²) in [5, 5.41) is 9.30. The quantitative estimate of drug-likeness (QED) is 0.753. The Balaban J connectivity index is 2.92. The number of aromatic hydroxyl groups is 1. The average Bonchev–Trinajstić information content (AvgIpc) is 2.07. The lowest BCUT2D eigenvalue weighted by Crippen LogP contribution is -1.98. The van der Waals surface area contributed by atoms with Crippen LogP contribution in [-0.4, -0.2) is 5.11 Å². The van der Waals surface area contributed by atoms with Crippen LogP contribution >= 0.6 is 0 Å². The highest BCUT2D eigenvalue weighted by molar-refractivity contribution is 5.35. The van der Waals surface area contributed by atoms with Gasteiger partial charge in [0.05, 0.1) is 0 Å². The van der Waals surface area contributed by atoms with Crippen LogP contribution < -0.4 is 0 Å². The molecule has 1 heteroatoms. The van der Waals surface area contributed by atoms with Crippen molar-refractivity contribution in [1.82, 2.24) is 0 Å². The highest BCUT2D eigenvalue weighted by atomic mass is 16.3. The lowest BCUT2D eigenvalue weighted by molar-refractivity contribution is 0.474. The smallest absolute Gasteiger partial charge is 0.115 e. The molecule has 0 aliphatic heterocycles. The first-order valence-electron chi connectivity index (χ1n) is 4.94. The Morgan fingerprint density at radius 2 is 1.92 bits per heavy atom. The third-order valence-corrected chi connectivity index (χ3v) is 2.20. The van der Waals surface area contributed by atoms with Crippen molar-refractivity contribution in [3.8, 4) is 5.75 Å². The number of hydrogen-bond donors (Lipinski definition) is 1. The molecule has 0 aliphatic rings. The Morgan fingerprint density at radius 1 is 1.23 bits per heavy atom. The van der Waals surface area contributed by atoms with Crippen molar-refractivity contribution in [3.63, 3.8) is 0 Å². The molecule has 1 aromatic carbocycles. The van der Waals surface area contributed by atoms with Crippen molar-refractivity contribution in [3.05, 3.63) is 29.3 Å². The summed E-state index contributed by atoms with van der Waals surface area (Å²) in [6, 6.07) is 5.68. The Morgan fingerprint density at radius 3 is 2.46 bits per heavy atom. The molecule has 0 amide bonds. The summed E-state index contributed by atoms with van der Waals surface area (Å²) in [5.41, 5.74) is 2.64. The number of rotatable bonds is 3. The number of phenolic OH excluding ortho intramolecular Hbond substituents is 1. The highest BCUT2D eigenvalue weighted by Gasteiger charge is 2.03. The van der Waals surface area contributed by atoms with E-state index in [2.05, 4.69) is 20.8 Å². The van der Waals surface area contributed by atoms with Gasteiger partial charge in [0.15, 0.2) is 0 Å². The lowest BCUT2D eigenvalue weighted by atomic mass is 9.96. The van der Waals surface area contributed by atoms with Gasteiger partial charge < -0.3 is 5.11 Å². The molecule has 72 valence electrons. The zero-order valence-electron chi connectivity index (χ0n) is 8.67. The van der Waals surface area contributed by atoms with Gasteiger partial charge >= 0.3 is 0 Å². The summed E-state index contributed by atoms with van der Waals surface area (Å²) < 4.78 is 0. The summed E-state index contributed by atoms with van der Waals surface area (Å²) >= 11 is 0. The van der Waals surface area contributed by atoms with E-state index in [1.165, 1.54) is 11.1 Å². The standard InChI is InChI=1S/C12H18O/c1-4-10-8-12(13)6-5-11(10)7-9(2)3/h5-6,8-9,13H,4,7H2,1-3H3. The third kappa shape index (κ3) is 2.76. The molecule has 0 atom stereocenters. The maximum absolute atomic E-state index is 9.30. The van der Waals surface area contributed by atoms with Crippen molar-refractivity contribution in [1.29, 1.82) is 0 Å². The van der Waals surface area contributed by atoms with Gasteiger partial charge in [0.1, 0.15) is 5.75 Å². The van der Waals surface area contributed by atoms with E-state index < -0.39 is 0 Å². The van der Waals surface area contributed by atoms with Crippen LogP contribution in [0, 0.1) is 5.92 Å². The van der Waals surface area contributed by atoms with Crippen LogP contribution in [0.3, 0.4) is 0 Å². The van der Waals surface area contributed by atoms with E-state index in [9.17, 15) is 5.11 Å². The van der Waals surface area contributed by atoms with Crippen LogP contribution in [0.2, 0.25) is 0 Å². The van der Waals surface area contributed by atoms with Crippen molar-refractivity contribution in [2.24, 2.45) is 5.92 Å². The Bertz CT molecular complexity index is 276. The molecule has 0 spiro atoms. The molecule has 0 radical (unpaired) electrons. The zero-order valence-corrected chi connectivity index (χ0v) is 8.67. The molecule has 0 aliphatic carbocycles. The van der Waals surface area contributed by atoms with Crippen LogP contribution in [0.4, 0.5) is 0 Å². The van der Waals surface area contributed by atoms with Gasteiger partial charge in [-0.1, -0.05) is 26.8 Å². The van der Waals surface area contributed by atoms with Gasteiger partial charge in [-0.3, -0.25) is 0 Å². The molecular weight excluding hydrogens is 160 g/mol. The first kappa shape index (κ1) is 10.1. The highest BCUT2D eigenvalue weighted by Crippen LogP contribution is 2.19. The molecule has 1 N–H and O–H groups in total. The molecule has 0 aromatic heterocycles. The number of aryl methyl sites for hydroxylation is 1. The summed E-state index contributed by atoms with van der Waals surface area (Å²) in [6.07, 6.45) is 2.10. The lowest BCUT2D eigenvalue weighted by Gasteiger charge is -2.10. The van der Waals surface area contributed by atoms with Crippen LogP contribution in [0.1, 0.15) is 31.9 Å². The number of phenols is 1. The average molecular weight is 178 g/mol. The molecule has 1 rings (SSSR count). The zero-order chi connectivity index (χ0) is 9.84. The SMILES string of the molecule is CCc1cc(O)ccc1CC(C)C. The fourth-order valence-electron chi connectivity index (χ4n) is 1.58. The summed E-state index contributed by atoms with van der Waals surface area (Å²) in [4.78, 5) is 0. The number of hydrogen-bond acceptors (Lipinski definition) is 1. The molecule has 0 saturated carbocycles. The van der Waals surface area contributed by atoms with Crippen LogP contribution in [0.5, 0.6) is 5.75 Å². The van der Waals surface area contributed by atoms with Gasteiger partial charge in [-0.15, -0.1) is 0 Å². The maximum Gasteiger partial charge on any atom is 0.115 e. The molecule has 1 nitrogen and oxygen atoms in total. The van der Waals surface area contributed by atoms with Crippen LogP contribution in [-0.2, 0) is 12.8 Å². The van der Waals surface area contributed by atoms with E-state index in [1.54, 1.807) is 6.07 Å². The minimum Gasteiger partial charge on any atom is -0.508 e. The summed E-state index contributed by atoms with van der Waals surface area (Å²) in [6.45, 7) is 6.55. The van der Waals surface area contributed by atoms with E-state index in [0.29, 0.717) is 11.7 Å². The van der Waals surface area contributed by atoms with Gasteiger partial charge in [0.2, 0.25) is 0 Å². The Kier molecular flexibility index (Phi) is 3.35. The van der Waals surface area contributed by atoms with Crippen molar-refractivity contribution in [2.75, 3.05) is 0 Å². The second-order valence-corrected chi connectivity index (χ2v) is 3.90. The molecule has 1 aromatic rings. The maximum atomic E-state index is 9.30. The van der Waals surface area contributed by atoms with E-state index in [1.807, 2.05) is 12.1 Å². The van der Waals surface area contributed by atoms with Gasteiger partial charge in [-0.05, 0) is 42.0 Å². The molecule has 0 fully saturated rings. The van der Waals surface area contributed by atoms with Crippen molar-refractivity contribution >= 4 is 0 Å². The Hall–Kier alpha value is -0.980. The predicted octanol–water partition coefficient (Wildman–Crippen LogP) is 3.15. The molecule has 13 heavy (non-hydrogen) atoms. The molecule has 0 saturated heterocycles. The largest absolute Gasteiger partial charge is 0.508 e.